The zero-order valence-electron chi connectivity index (χ0n) is 16.1. The lowest BCUT2D eigenvalue weighted by Gasteiger charge is -2.27. The van der Waals surface area contributed by atoms with Gasteiger partial charge in [-0.1, -0.05) is 29.8 Å². The fraction of sp³-hybridized carbons (Fsp3) is 0.364. The molecule has 2 aromatic carbocycles. The van der Waals surface area contributed by atoms with Crippen LogP contribution in [0, 0.1) is 6.92 Å². The van der Waals surface area contributed by atoms with Crippen LogP contribution >= 0.6 is 0 Å². The molecule has 0 bridgehead atoms. The van der Waals surface area contributed by atoms with Crippen molar-refractivity contribution in [3.8, 4) is 5.75 Å². The molecule has 0 aromatic heterocycles. The quantitative estimate of drug-likeness (QED) is 0.747. The lowest BCUT2D eigenvalue weighted by atomic mass is 10.1. The first-order valence-corrected chi connectivity index (χ1v) is 9.59. The summed E-state index contributed by atoms with van der Waals surface area (Å²) in [6.07, 6.45) is 0.922. The molecule has 1 saturated heterocycles. The summed E-state index contributed by atoms with van der Waals surface area (Å²) in [6, 6.07) is 14.9. The predicted molar refractivity (Wildman–Crippen MR) is 108 cm³/mol. The lowest BCUT2D eigenvalue weighted by molar-refractivity contribution is -0.116. The second-order valence-corrected chi connectivity index (χ2v) is 6.76. The molecular weight excluding hydrogens is 356 g/mol. The molecule has 2 aromatic rings. The number of amides is 2. The number of ether oxygens (including phenoxy) is 2. The predicted octanol–water partition coefficient (Wildman–Crippen LogP) is 3.27. The molecule has 1 fully saturated rings. The van der Waals surface area contributed by atoms with Crippen LogP contribution < -0.4 is 10.1 Å². The van der Waals surface area contributed by atoms with Crippen molar-refractivity contribution in [1.82, 2.24) is 4.90 Å². The minimum atomic E-state index is -0.130. The summed E-state index contributed by atoms with van der Waals surface area (Å²) in [7, 11) is 0. The number of morpholine rings is 1. The van der Waals surface area contributed by atoms with Crippen LogP contribution in [0.25, 0.3) is 0 Å². The number of nitrogens with zero attached hydrogens (tertiary/aromatic N) is 1. The summed E-state index contributed by atoms with van der Waals surface area (Å²) in [5, 5.41) is 2.86. The van der Waals surface area contributed by atoms with Gasteiger partial charge in [0.2, 0.25) is 5.91 Å². The monoisotopic (exact) mass is 382 g/mol. The summed E-state index contributed by atoms with van der Waals surface area (Å²) < 4.78 is 10.9. The van der Waals surface area contributed by atoms with Gasteiger partial charge in [-0.15, -0.1) is 0 Å². The molecule has 0 unspecified atom stereocenters. The first kappa shape index (κ1) is 19.9. The normalized spacial score (nSPS) is 13.8. The molecule has 6 heteroatoms. The summed E-state index contributed by atoms with van der Waals surface area (Å²) in [4.78, 5) is 26.8. The molecule has 6 nitrogen and oxygen atoms in total. The lowest BCUT2D eigenvalue weighted by Crippen LogP contribution is -2.41. The van der Waals surface area contributed by atoms with Crippen molar-refractivity contribution in [2.24, 2.45) is 0 Å². The molecule has 1 aliphatic heterocycles. The van der Waals surface area contributed by atoms with Crippen LogP contribution in [0.4, 0.5) is 5.69 Å². The van der Waals surface area contributed by atoms with Crippen LogP contribution in [-0.2, 0) is 9.53 Å². The summed E-state index contributed by atoms with van der Waals surface area (Å²) in [5.74, 6) is 0.587. The molecular formula is C22H26N2O4. The zero-order chi connectivity index (χ0) is 19.8. The van der Waals surface area contributed by atoms with Gasteiger partial charge in [-0.2, -0.15) is 0 Å². The van der Waals surface area contributed by atoms with Gasteiger partial charge in [0.1, 0.15) is 5.75 Å². The van der Waals surface area contributed by atoms with E-state index in [0.29, 0.717) is 57.0 Å². The van der Waals surface area contributed by atoms with Crippen LogP contribution in [-0.4, -0.2) is 49.6 Å². The maximum atomic E-state index is 12.7. The van der Waals surface area contributed by atoms with E-state index in [9.17, 15) is 9.59 Å². The van der Waals surface area contributed by atoms with Gasteiger partial charge in [0.25, 0.3) is 5.91 Å². The highest BCUT2D eigenvalue weighted by Crippen LogP contribution is 2.19. The van der Waals surface area contributed by atoms with E-state index >= 15 is 0 Å². The molecule has 0 aliphatic carbocycles. The SMILES string of the molecule is Cc1ccc(OCCCC(=O)Nc2ccccc2C(=O)N2CCOCC2)cc1. The highest BCUT2D eigenvalue weighted by molar-refractivity contribution is 6.03. The third-order valence-electron chi connectivity index (χ3n) is 4.57. The van der Waals surface area contributed by atoms with E-state index in [2.05, 4.69) is 5.32 Å². The highest BCUT2D eigenvalue weighted by atomic mass is 16.5. The molecule has 1 heterocycles. The Morgan fingerprint density at radius 3 is 2.54 bits per heavy atom. The molecule has 0 atom stereocenters. The largest absolute Gasteiger partial charge is 0.494 e. The summed E-state index contributed by atoms with van der Waals surface area (Å²) >= 11 is 0. The van der Waals surface area contributed by atoms with Gasteiger partial charge in [-0.05, 0) is 37.6 Å². The number of hydrogen-bond acceptors (Lipinski definition) is 4. The van der Waals surface area contributed by atoms with Crippen LogP contribution in [0.2, 0.25) is 0 Å². The van der Waals surface area contributed by atoms with Gasteiger partial charge in [-0.3, -0.25) is 9.59 Å². The van der Waals surface area contributed by atoms with Gasteiger partial charge in [-0.25, -0.2) is 0 Å². The number of carbonyl (C=O) groups excluding carboxylic acids is 2. The first-order valence-electron chi connectivity index (χ1n) is 9.59. The minimum absolute atomic E-state index is 0.0816. The van der Waals surface area contributed by atoms with E-state index < -0.39 is 0 Å². The first-order chi connectivity index (χ1) is 13.6. The Bertz CT molecular complexity index is 798. The molecule has 28 heavy (non-hydrogen) atoms. The Morgan fingerprint density at radius 1 is 1.07 bits per heavy atom. The zero-order valence-corrected chi connectivity index (χ0v) is 16.1. The van der Waals surface area contributed by atoms with E-state index in [0.717, 1.165) is 5.75 Å². The third kappa shape index (κ3) is 5.57. The van der Waals surface area contributed by atoms with E-state index in [1.165, 1.54) is 5.56 Å². The standard InChI is InChI=1S/C22H26N2O4/c1-17-8-10-18(11-9-17)28-14-4-7-21(25)23-20-6-3-2-5-19(20)22(26)24-12-15-27-16-13-24/h2-3,5-6,8-11H,4,7,12-16H2,1H3,(H,23,25). The number of carbonyl (C=O) groups is 2. The fourth-order valence-corrected chi connectivity index (χ4v) is 2.99. The number of nitrogens with one attached hydrogen (secondary N) is 1. The van der Waals surface area contributed by atoms with Crippen LogP contribution in [0.3, 0.4) is 0 Å². The molecule has 0 spiro atoms. The average Bonchev–Trinajstić information content (AvgIpc) is 2.73. The molecule has 0 radical (unpaired) electrons. The van der Waals surface area contributed by atoms with E-state index in [1.54, 1.807) is 23.1 Å². The van der Waals surface area contributed by atoms with Crippen LogP contribution in [0.15, 0.2) is 48.5 Å². The molecule has 3 rings (SSSR count). The number of rotatable bonds is 7. The Labute approximate surface area is 165 Å². The topological polar surface area (TPSA) is 67.9 Å². The van der Waals surface area contributed by atoms with Gasteiger partial charge in [0.05, 0.1) is 31.1 Å². The van der Waals surface area contributed by atoms with Gasteiger partial charge < -0.3 is 19.7 Å². The number of aryl methyl sites for hydroxylation is 1. The van der Waals surface area contributed by atoms with Crippen molar-refractivity contribution < 1.29 is 19.1 Å². The van der Waals surface area contributed by atoms with Crippen molar-refractivity contribution >= 4 is 17.5 Å². The second-order valence-electron chi connectivity index (χ2n) is 6.76. The molecule has 0 saturated carbocycles. The molecule has 148 valence electrons. The summed E-state index contributed by atoms with van der Waals surface area (Å²) in [6.45, 7) is 4.71. The Kier molecular flexibility index (Phi) is 7.03. The van der Waals surface area contributed by atoms with Crippen LogP contribution in [0.5, 0.6) is 5.75 Å². The van der Waals surface area contributed by atoms with Crippen LogP contribution in [0.1, 0.15) is 28.8 Å². The van der Waals surface area contributed by atoms with Crippen molar-refractivity contribution in [3.63, 3.8) is 0 Å². The van der Waals surface area contributed by atoms with Crippen molar-refractivity contribution in [3.05, 3.63) is 59.7 Å². The molecule has 1 aliphatic rings. The third-order valence-corrected chi connectivity index (χ3v) is 4.57. The second kappa shape index (κ2) is 9.90. The maximum Gasteiger partial charge on any atom is 0.256 e. The van der Waals surface area contributed by atoms with Gasteiger partial charge >= 0.3 is 0 Å². The molecule has 1 N–H and O–H groups in total. The minimum Gasteiger partial charge on any atom is -0.494 e. The Balaban J connectivity index is 1.49. The van der Waals surface area contributed by atoms with E-state index in [1.807, 2.05) is 37.3 Å². The average molecular weight is 382 g/mol. The van der Waals surface area contributed by atoms with Crippen molar-refractivity contribution in [2.75, 3.05) is 38.2 Å². The number of hydrogen-bond donors (Lipinski definition) is 1. The number of benzene rings is 2. The highest BCUT2D eigenvalue weighted by Gasteiger charge is 2.21. The van der Waals surface area contributed by atoms with Gasteiger partial charge in [0, 0.05) is 19.5 Å². The number of para-hydroxylation sites is 1. The fourth-order valence-electron chi connectivity index (χ4n) is 2.99. The summed E-state index contributed by atoms with van der Waals surface area (Å²) in [5.41, 5.74) is 2.23. The van der Waals surface area contributed by atoms with Crippen molar-refractivity contribution in [1.29, 1.82) is 0 Å². The van der Waals surface area contributed by atoms with E-state index in [-0.39, 0.29) is 11.8 Å². The van der Waals surface area contributed by atoms with E-state index in [4.69, 9.17) is 9.47 Å². The maximum absolute atomic E-state index is 12.7. The Hall–Kier alpha value is -2.86. The molecule has 2 amide bonds. The van der Waals surface area contributed by atoms with Gasteiger partial charge in [0.15, 0.2) is 0 Å². The number of anilines is 1. The smallest absolute Gasteiger partial charge is 0.256 e. The van der Waals surface area contributed by atoms with Crippen molar-refractivity contribution in [2.45, 2.75) is 19.8 Å². The Morgan fingerprint density at radius 2 is 1.79 bits per heavy atom.